The fraction of sp³-hybridized carbons (Fsp3) is 0.464. The van der Waals surface area contributed by atoms with E-state index in [0.29, 0.717) is 29.8 Å². The van der Waals surface area contributed by atoms with Gasteiger partial charge in [0.25, 0.3) is 0 Å². The van der Waals surface area contributed by atoms with E-state index < -0.39 is 27.6 Å². The molecular weight excluding hydrogens is 542 g/mol. The van der Waals surface area contributed by atoms with Gasteiger partial charge in [0.1, 0.15) is 34.1 Å². The van der Waals surface area contributed by atoms with E-state index in [9.17, 15) is 19.5 Å². The van der Waals surface area contributed by atoms with Crippen molar-refractivity contribution in [2.24, 2.45) is 0 Å². The molecule has 1 saturated heterocycles. The van der Waals surface area contributed by atoms with Crippen LogP contribution in [0.4, 0.5) is 10.1 Å². The largest absolute Gasteiger partial charge is 0.392 e. The standard InChI is InChI=1S/C28H30B6FN3O5/c1-17-6-4-7-23(24(17)27(32,33)38(16-41)25(29,15-40)10-5-11-39)36-26(30,31)21-12-20(8-9-22(21)35)28(34,42)37-13-18(2)43-19(3)14-37/h4,6-9,11-12,15-16,18-19,36,42H,5,10,13-14H2,1-3H3. The molecule has 4 unspecified atom stereocenters. The number of anilines is 1. The van der Waals surface area contributed by atoms with Crippen LogP contribution in [0.1, 0.15) is 48.9 Å². The smallest absolute Gasteiger partial charge is 0.209 e. The number of halogens is 1. The quantitative estimate of drug-likeness (QED) is 0.258. The molecule has 0 spiro atoms. The van der Waals surface area contributed by atoms with E-state index in [1.807, 2.05) is 13.8 Å². The van der Waals surface area contributed by atoms with Gasteiger partial charge >= 0.3 is 0 Å². The Balaban J connectivity index is 2.06. The summed E-state index contributed by atoms with van der Waals surface area (Å²) in [6.45, 7) is 5.93. The van der Waals surface area contributed by atoms with Gasteiger partial charge in [0.2, 0.25) is 6.41 Å². The average Bonchev–Trinajstić information content (AvgIpc) is 2.91. The number of morpholine rings is 1. The van der Waals surface area contributed by atoms with E-state index in [2.05, 4.69) is 5.32 Å². The third-order valence-corrected chi connectivity index (χ3v) is 7.57. The van der Waals surface area contributed by atoms with Crippen molar-refractivity contribution in [2.45, 2.75) is 67.6 Å². The van der Waals surface area contributed by atoms with Gasteiger partial charge < -0.3 is 29.6 Å². The van der Waals surface area contributed by atoms with Gasteiger partial charge in [-0.3, -0.25) is 9.69 Å². The molecule has 4 atom stereocenters. The summed E-state index contributed by atoms with van der Waals surface area (Å²) >= 11 is 0. The SMILES string of the molecule is [B]C([B])(Nc1cccc(C)c1C([B])([B])N(C=O)C([B])(C=O)CCC=O)c1cc(C([B])(O)N2CC(C)OC(C)C2)ccc1F. The zero-order valence-electron chi connectivity index (χ0n) is 24.5. The zero-order valence-corrected chi connectivity index (χ0v) is 24.5. The summed E-state index contributed by atoms with van der Waals surface area (Å²) in [5.74, 6) is -0.813. The predicted molar refractivity (Wildman–Crippen MR) is 167 cm³/mol. The number of benzene rings is 2. The van der Waals surface area contributed by atoms with Crippen LogP contribution in [-0.2, 0) is 35.4 Å². The lowest BCUT2D eigenvalue weighted by molar-refractivity contribution is -0.141. The number of hydrogen-bond donors (Lipinski definition) is 2. The highest BCUT2D eigenvalue weighted by molar-refractivity contribution is 6.43. The summed E-state index contributed by atoms with van der Waals surface area (Å²) < 4.78 is 21.0. The Morgan fingerprint density at radius 1 is 1.07 bits per heavy atom. The van der Waals surface area contributed by atoms with Gasteiger partial charge in [-0.15, -0.1) is 0 Å². The number of aryl methyl sites for hydroxylation is 1. The number of aldehydes is 2. The van der Waals surface area contributed by atoms with Gasteiger partial charge in [-0.05, 0) is 78.3 Å². The molecule has 8 nitrogen and oxygen atoms in total. The van der Waals surface area contributed by atoms with E-state index in [1.54, 1.807) is 24.0 Å². The van der Waals surface area contributed by atoms with E-state index in [0.717, 1.165) is 6.07 Å². The summed E-state index contributed by atoms with van der Waals surface area (Å²) in [6, 6.07) is 8.35. The normalized spacial score (nSPS) is 20.8. The van der Waals surface area contributed by atoms with Crippen LogP contribution in [-0.4, -0.2) is 112 Å². The molecule has 12 radical (unpaired) electrons. The van der Waals surface area contributed by atoms with Crippen LogP contribution in [0.5, 0.6) is 0 Å². The van der Waals surface area contributed by atoms with E-state index in [1.165, 1.54) is 18.2 Å². The minimum absolute atomic E-state index is 0.0494. The summed E-state index contributed by atoms with van der Waals surface area (Å²) in [7, 11) is 38.4. The minimum atomic E-state index is -2.24. The summed E-state index contributed by atoms with van der Waals surface area (Å²) in [5, 5.41) is 9.77. The van der Waals surface area contributed by atoms with Crippen molar-refractivity contribution in [1.29, 1.82) is 0 Å². The molecular formula is C28H30B6FN3O5. The summed E-state index contributed by atoms with van der Waals surface area (Å²) in [5.41, 5.74) is -3.66. The lowest BCUT2D eigenvalue weighted by atomic mass is 9.52. The maximum atomic E-state index is 15.3. The predicted octanol–water partition coefficient (Wildman–Crippen LogP) is 0.0223. The van der Waals surface area contributed by atoms with Crippen molar-refractivity contribution < 1.29 is 28.6 Å². The van der Waals surface area contributed by atoms with Crippen molar-refractivity contribution in [3.63, 3.8) is 0 Å². The van der Waals surface area contributed by atoms with Gasteiger partial charge in [0.05, 0.1) is 54.7 Å². The second-order valence-corrected chi connectivity index (χ2v) is 11.2. The number of aliphatic hydroxyl groups is 1. The maximum absolute atomic E-state index is 15.3. The first-order chi connectivity index (χ1) is 19.9. The van der Waals surface area contributed by atoms with Gasteiger partial charge in [-0.2, -0.15) is 0 Å². The first-order valence-electron chi connectivity index (χ1n) is 13.6. The zero-order chi connectivity index (χ0) is 32.4. The molecule has 0 aliphatic carbocycles. The Morgan fingerprint density at radius 2 is 1.70 bits per heavy atom. The van der Waals surface area contributed by atoms with Crippen molar-refractivity contribution in [3.05, 3.63) is 64.5 Å². The molecule has 1 fully saturated rings. The number of carbonyl (C=O) groups is 3. The molecule has 0 saturated carbocycles. The Morgan fingerprint density at radius 3 is 2.26 bits per heavy atom. The van der Waals surface area contributed by atoms with Crippen molar-refractivity contribution >= 4 is 71.7 Å². The third-order valence-electron chi connectivity index (χ3n) is 7.57. The fourth-order valence-corrected chi connectivity index (χ4v) is 5.48. The molecule has 1 aliphatic rings. The monoisotopic (exact) mass is 573 g/mol. The van der Waals surface area contributed by atoms with Crippen LogP contribution >= 0.6 is 0 Å². The highest BCUT2D eigenvalue weighted by atomic mass is 19.1. The minimum Gasteiger partial charge on any atom is -0.392 e. The number of nitrogens with zero attached hydrogens (tertiary/aromatic N) is 2. The van der Waals surface area contributed by atoms with Crippen molar-refractivity contribution in [2.75, 3.05) is 18.4 Å². The average molecular weight is 572 g/mol. The number of carbonyl (C=O) groups excluding carboxylic acids is 3. The van der Waals surface area contributed by atoms with Crippen LogP contribution < -0.4 is 5.32 Å². The molecule has 0 aromatic heterocycles. The molecule has 3 rings (SSSR count). The van der Waals surface area contributed by atoms with Gasteiger partial charge in [-0.25, -0.2) is 4.39 Å². The summed E-state index contributed by atoms with van der Waals surface area (Å²) in [4.78, 5) is 37.5. The number of amides is 1. The Bertz CT molecular complexity index is 1340. The molecule has 2 N–H and O–H groups in total. The van der Waals surface area contributed by atoms with Crippen molar-refractivity contribution in [1.82, 2.24) is 9.80 Å². The molecule has 212 valence electrons. The van der Waals surface area contributed by atoms with E-state index in [-0.39, 0.29) is 60.1 Å². The second-order valence-electron chi connectivity index (χ2n) is 11.2. The lowest BCUT2D eigenvalue weighted by Crippen LogP contribution is -2.61. The highest BCUT2D eigenvalue weighted by Gasteiger charge is 2.42. The number of nitrogens with one attached hydrogen (secondary N) is 1. The molecule has 1 aliphatic heterocycles. The van der Waals surface area contributed by atoms with Gasteiger partial charge in [-0.1, -0.05) is 18.2 Å². The fourth-order valence-electron chi connectivity index (χ4n) is 5.48. The molecule has 2 aromatic rings. The number of hydrogen-bond acceptors (Lipinski definition) is 7. The Kier molecular flexibility index (Phi) is 10.6. The maximum Gasteiger partial charge on any atom is 0.209 e. The van der Waals surface area contributed by atoms with E-state index in [4.69, 9.17) is 51.8 Å². The second kappa shape index (κ2) is 13.1. The van der Waals surface area contributed by atoms with Gasteiger partial charge in [0, 0.05) is 25.2 Å². The van der Waals surface area contributed by atoms with Crippen LogP contribution in [0.15, 0.2) is 36.4 Å². The van der Waals surface area contributed by atoms with Crippen LogP contribution in [0.2, 0.25) is 0 Å². The first kappa shape index (κ1) is 34.7. The topological polar surface area (TPSA) is 99.2 Å². The Labute approximate surface area is 260 Å². The van der Waals surface area contributed by atoms with Crippen molar-refractivity contribution in [3.8, 4) is 0 Å². The molecule has 43 heavy (non-hydrogen) atoms. The number of ether oxygens (including phenoxy) is 1. The highest BCUT2D eigenvalue weighted by Crippen LogP contribution is 2.38. The van der Waals surface area contributed by atoms with E-state index >= 15 is 4.39 Å². The Hall–Kier alpha value is -2.75. The molecule has 1 amide bonds. The lowest BCUT2D eigenvalue weighted by Gasteiger charge is -2.49. The summed E-state index contributed by atoms with van der Waals surface area (Å²) in [6.07, 6.45) is 0.152. The molecule has 2 aromatic carbocycles. The number of rotatable bonds is 13. The van der Waals surface area contributed by atoms with Crippen LogP contribution in [0.3, 0.4) is 0 Å². The van der Waals surface area contributed by atoms with Crippen LogP contribution in [0, 0.1) is 12.7 Å². The molecule has 1 heterocycles. The molecule has 0 bridgehead atoms. The van der Waals surface area contributed by atoms with Gasteiger partial charge in [0.15, 0.2) is 0 Å². The van der Waals surface area contributed by atoms with Crippen LogP contribution in [0.25, 0.3) is 0 Å². The molecule has 15 heteroatoms. The first-order valence-corrected chi connectivity index (χ1v) is 13.6. The third kappa shape index (κ3) is 7.15.